The van der Waals surface area contributed by atoms with Crippen molar-refractivity contribution < 1.29 is 37.4 Å². The number of benzene rings is 4. The fraction of sp³-hybridized carbons (Fsp3) is 0.435. The quantitative estimate of drug-likeness (QED) is 0.0874. The molecule has 0 aliphatic rings. The summed E-state index contributed by atoms with van der Waals surface area (Å²) >= 11 is 7.21. The molecular weight excluding hydrogens is 778 g/mol. The van der Waals surface area contributed by atoms with Gasteiger partial charge in [0, 0.05) is 0 Å². The number of esters is 2. The number of alkyl halides is 2. The van der Waals surface area contributed by atoms with Gasteiger partial charge in [-0.25, -0.2) is 18.4 Å². The van der Waals surface area contributed by atoms with Crippen molar-refractivity contribution >= 4 is 59.5 Å². The number of carbonyl (C=O) groups excluding carboxylic acids is 2. The van der Waals surface area contributed by atoms with E-state index >= 15 is 4.39 Å². The highest BCUT2D eigenvalue weighted by Gasteiger charge is 2.54. The molecule has 57 heavy (non-hydrogen) atoms. The van der Waals surface area contributed by atoms with Crippen LogP contribution in [-0.4, -0.2) is 69.5 Å². The summed E-state index contributed by atoms with van der Waals surface area (Å²) in [5.41, 5.74) is -4.54. The molecule has 0 aliphatic heterocycles. The summed E-state index contributed by atoms with van der Waals surface area (Å²) in [6.45, 7) is 21.6. The molecule has 0 fully saturated rings. The van der Waals surface area contributed by atoms with E-state index in [1.54, 1.807) is 20.8 Å². The molecule has 0 saturated heterocycles. The number of halogens is 3. The Labute approximate surface area is 346 Å². The number of ether oxygens (including phenoxy) is 2. The lowest BCUT2D eigenvalue weighted by Gasteiger charge is -2.46. The molecule has 4 rings (SSSR count). The van der Waals surface area contributed by atoms with Gasteiger partial charge in [0.15, 0.2) is 0 Å². The van der Waals surface area contributed by atoms with E-state index in [0.717, 1.165) is 17.3 Å². The Bertz CT molecular complexity index is 1720. The first kappa shape index (κ1) is 49.5. The van der Waals surface area contributed by atoms with Crippen molar-refractivity contribution in [3.8, 4) is 0 Å². The van der Waals surface area contributed by atoms with Crippen LogP contribution in [0.2, 0.25) is 10.1 Å². The lowest BCUT2D eigenvalue weighted by molar-refractivity contribution is -0.163. The van der Waals surface area contributed by atoms with Gasteiger partial charge in [0.1, 0.15) is 0 Å². The molecule has 4 atom stereocenters. The van der Waals surface area contributed by atoms with Gasteiger partial charge in [-0.2, -0.15) is 11.1 Å². The smallest absolute Gasteiger partial charge is 0.346 e. The van der Waals surface area contributed by atoms with Crippen LogP contribution in [0.4, 0.5) is 8.78 Å². The van der Waals surface area contributed by atoms with Crippen LogP contribution in [0, 0.1) is 0 Å². The van der Waals surface area contributed by atoms with Crippen LogP contribution >= 0.6 is 11.1 Å². The van der Waals surface area contributed by atoms with E-state index < -0.39 is 51.2 Å². The normalized spacial score (nSPS) is 15.2. The largest absolute Gasteiger partial charge is 0.464 e. The molecule has 0 radical (unpaired) electrons. The van der Waals surface area contributed by atoms with Gasteiger partial charge in [0.25, 0.3) is 8.32 Å². The minimum atomic E-state index is -2.94. The molecule has 6 nitrogen and oxygen atoms in total. The molecule has 0 amide bonds. The van der Waals surface area contributed by atoms with Gasteiger partial charge in [-0.15, -0.1) is 0 Å². The van der Waals surface area contributed by atoms with Crippen LogP contribution in [0.3, 0.4) is 0 Å². The molecule has 312 valence electrons. The third kappa shape index (κ3) is 11.9. The SMILES string of the molecule is CC(C)(C)[Si](Cl)(c1ccccc1)c1ccccc1.CCOC(=O)C(C)(F)C(C)O.CCOC(=O)C(C)(F)C(C)O[Si](c1ccccc1)(c1ccccc1)C(C)(C)C. The summed E-state index contributed by atoms with van der Waals surface area (Å²) in [6.07, 6.45) is -2.32. The van der Waals surface area contributed by atoms with Crippen LogP contribution in [-0.2, 0) is 23.5 Å². The Morgan fingerprint density at radius 3 is 1.14 bits per heavy atom. The van der Waals surface area contributed by atoms with Crippen molar-refractivity contribution in [3.63, 3.8) is 0 Å². The predicted octanol–water partition coefficient (Wildman–Crippen LogP) is 8.69. The maximum absolute atomic E-state index is 15.4. The summed E-state index contributed by atoms with van der Waals surface area (Å²) in [5.74, 6) is -1.91. The first-order valence-corrected chi connectivity index (χ1v) is 24.4. The molecule has 0 aromatic heterocycles. The zero-order chi connectivity index (χ0) is 43.3. The Morgan fingerprint density at radius 2 is 0.877 bits per heavy atom. The van der Waals surface area contributed by atoms with Crippen molar-refractivity contribution in [2.75, 3.05) is 13.2 Å². The second kappa shape index (κ2) is 20.8. The Hall–Kier alpha value is -3.68. The van der Waals surface area contributed by atoms with Crippen molar-refractivity contribution in [2.24, 2.45) is 0 Å². The topological polar surface area (TPSA) is 82.1 Å². The summed E-state index contributed by atoms with van der Waals surface area (Å²) < 4.78 is 44.5. The number of hydrogen-bond acceptors (Lipinski definition) is 6. The Kier molecular flexibility index (Phi) is 18.1. The highest BCUT2D eigenvalue weighted by Crippen LogP contribution is 2.40. The van der Waals surface area contributed by atoms with Gasteiger partial charge in [0.05, 0.1) is 25.4 Å². The summed E-state index contributed by atoms with van der Waals surface area (Å²) in [4.78, 5) is 23.0. The van der Waals surface area contributed by atoms with E-state index in [4.69, 9.17) is 25.3 Å². The van der Waals surface area contributed by atoms with Crippen LogP contribution < -0.4 is 20.7 Å². The summed E-state index contributed by atoms with van der Waals surface area (Å²) in [6, 6.07) is 41.0. The zero-order valence-electron chi connectivity index (χ0n) is 35.7. The van der Waals surface area contributed by atoms with Gasteiger partial charge in [-0.3, -0.25) is 0 Å². The van der Waals surface area contributed by atoms with Crippen molar-refractivity contribution in [2.45, 2.75) is 117 Å². The average Bonchev–Trinajstić information content (AvgIpc) is 3.17. The second-order valence-corrected chi connectivity index (χ2v) is 26.3. The van der Waals surface area contributed by atoms with E-state index in [1.165, 1.54) is 24.2 Å². The molecular formula is C46H63ClF2O6Si2. The van der Waals surface area contributed by atoms with Crippen molar-refractivity contribution in [1.82, 2.24) is 0 Å². The lowest BCUT2D eigenvalue weighted by atomic mass is 10.0. The Morgan fingerprint density at radius 1 is 0.579 bits per heavy atom. The van der Waals surface area contributed by atoms with E-state index in [0.29, 0.717) is 0 Å². The molecule has 0 heterocycles. The Balaban J connectivity index is 0.000000330. The van der Waals surface area contributed by atoms with Crippen molar-refractivity contribution in [3.05, 3.63) is 121 Å². The molecule has 0 aliphatic carbocycles. The van der Waals surface area contributed by atoms with Crippen LogP contribution in [0.1, 0.15) is 83.1 Å². The number of carbonyl (C=O) groups is 2. The molecule has 0 spiro atoms. The monoisotopic (exact) mass is 840 g/mol. The number of aliphatic hydroxyl groups is 1. The van der Waals surface area contributed by atoms with Gasteiger partial charge < -0.3 is 19.0 Å². The fourth-order valence-electron chi connectivity index (χ4n) is 6.32. The minimum Gasteiger partial charge on any atom is -0.464 e. The van der Waals surface area contributed by atoms with Crippen molar-refractivity contribution in [1.29, 1.82) is 0 Å². The number of aliphatic hydroxyl groups excluding tert-OH is 1. The molecule has 4 aromatic carbocycles. The molecule has 4 aromatic rings. The molecule has 1 N–H and O–H groups in total. The maximum atomic E-state index is 15.4. The first-order valence-electron chi connectivity index (χ1n) is 19.4. The van der Waals surface area contributed by atoms with Crippen LogP contribution in [0.15, 0.2) is 121 Å². The van der Waals surface area contributed by atoms with Gasteiger partial charge in [0.2, 0.25) is 18.7 Å². The van der Waals surface area contributed by atoms with Crippen LogP contribution in [0.5, 0.6) is 0 Å². The van der Waals surface area contributed by atoms with E-state index in [9.17, 15) is 14.0 Å². The third-order valence-corrected chi connectivity index (χ3v) is 22.5. The highest BCUT2D eigenvalue weighted by atomic mass is 35.6. The highest BCUT2D eigenvalue weighted by molar-refractivity contribution is 7.35. The molecule has 11 heteroatoms. The van der Waals surface area contributed by atoms with Crippen LogP contribution in [0.25, 0.3) is 0 Å². The van der Waals surface area contributed by atoms with E-state index in [-0.39, 0.29) is 23.3 Å². The number of rotatable bonds is 12. The summed E-state index contributed by atoms with van der Waals surface area (Å²) in [5, 5.41) is 13.2. The van der Waals surface area contributed by atoms with E-state index in [2.05, 4.69) is 94.8 Å². The molecule has 4 unspecified atom stereocenters. The minimum absolute atomic E-state index is 0.0667. The van der Waals surface area contributed by atoms with Gasteiger partial charge >= 0.3 is 11.9 Å². The average molecular weight is 842 g/mol. The van der Waals surface area contributed by atoms with E-state index in [1.807, 2.05) is 72.8 Å². The van der Waals surface area contributed by atoms with Gasteiger partial charge in [-0.05, 0) is 72.4 Å². The second-order valence-electron chi connectivity index (χ2n) is 16.3. The zero-order valence-corrected chi connectivity index (χ0v) is 38.5. The predicted molar refractivity (Wildman–Crippen MR) is 236 cm³/mol. The fourth-order valence-corrected chi connectivity index (χ4v) is 15.2. The lowest BCUT2D eigenvalue weighted by Crippen LogP contribution is -2.69. The standard InChI is InChI=1S/C23H31FO3Si.C16H19ClSi.C7H13FO3/c1-7-26-21(25)23(6,24)18(2)27-28(22(3,4)5,19-14-10-8-11-15-19)20-16-12-9-13-17-20;1-16(2,3)18(17,14-10-6-4-7-11-14)15-12-8-5-9-13-15;1-4-11-6(10)7(3,8)5(2)9/h8-18H,7H2,1-6H3;4-13H,1-3H3;5,9H,4H2,1-3H3. The number of hydrogen-bond donors (Lipinski definition) is 1. The third-order valence-electron chi connectivity index (χ3n) is 10.0. The summed E-state index contributed by atoms with van der Waals surface area (Å²) in [7, 11) is -5.17. The molecule has 0 bridgehead atoms. The molecule has 0 saturated carbocycles. The van der Waals surface area contributed by atoms with Gasteiger partial charge in [-0.1, -0.05) is 163 Å². The first-order chi connectivity index (χ1) is 26.5. The maximum Gasteiger partial charge on any atom is 0.346 e.